The molecule has 0 radical (unpaired) electrons. The second-order valence-corrected chi connectivity index (χ2v) is 6.54. The van der Waals surface area contributed by atoms with E-state index in [1.807, 2.05) is 12.1 Å². The van der Waals surface area contributed by atoms with Crippen molar-refractivity contribution in [3.8, 4) is 5.75 Å². The average Bonchev–Trinajstić information content (AvgIpc) is 3.22. The topological polar surface area (TPSA) is 50.4 Å². The fraction of sp³-hybridized carbons (Fsp3) is 0.562. The van der Waals surface area contributed by atoms with Gasteiger partial charge in [0.05, 0.1) is 0 Å². The van der Waals surface area contributed by atoms with E-state index in [9.17, 15) is 4.79 Å². The van der Waals surface area contributed by atoms with E-state index in [1.54, 1.807) is 12.1 Å². The molecule has 0 bridgehead atoms. The predicted octanol–water partition coefficient (Wildman–Crippen LogP) is 2.37. The Morgan fingerprint density at radius 2 is 2.29 bits per heavy atom. The number of hydrogen-bond acceptors (Lipinski definition) is 3. The molecule has 1 heterocycles. The standard InChI is InChI=1S/C16H21ClN2O2/c1-11-10-18-8-5-14(11)19-15(20)16(6-7-16)21-13-4-2-3-12(17)9-13/h2-4,9,11,14,18H,5-8,10H2,1H3,(H,19,20)/t11-,14-/m0/s1. The molecule has 2 N–H and O–H groups in total. The van der Waals surface area contributed by atoms with E-state index in [0.29, 0.717) is 16.7 Å². The van der Waals surface area contributed by atoms with E-state index in [-0.39, 0.29) is 11.9 Å². The van der Waals surface area contributed by atoms with Crippen LogP contribution < -0.4 is 15.4 Å². The monoisotopic (exact) mass is 308 g/mol. The highest BCUT2D eigenvalue weighted by molar-refractivity contribution is 6.30. The van der Waals surface area contributed by atoms with E-state index < -0.39 is 5.60 Å². The number of rotatable bonds is 4. The average molecular weight is 309 g/mol. The van der Waals surface area contributed by atoms with Gasteiger partial charge in [-0.25, -0.2) is 0 Å². The van der Waals surface area contributed by atoms with Crippen LogP contribution in [0.4, 0.5) is 0 Å². The van der Waals surface area contributed by atoms with Crippen molar-refractivity contribution in [2.45, 2.75) is 37.8 Å². The summed E-state index contributed by atoms with van der Waals surface area (Å²) in [5.74, 6) is 1.12. The zero-order valence-electron chi connectivity index (χ0n) is 12.2. The molecule has 2 atom stereocenters. The van der Waals surface area contributed by atoms with Crippen LogP contribution in [-0.4, -0.2) is 30.6 Å². The van der Waals surface area contributed by atoms with E-state index in [4.69, 9.17) is 16.3 Å². The molecule has 1 aliphatic carbocycles. The third-order valence-corrected chi connectivity index (χ3v) is 4.56. The molecule has 114 valence electrons. The first-order valence-electron chi connectivity index (χ1n) is 7.55. The zero-order valence-corrected chi connectivity index (χ0v) is 13.0. The SMILES string of the molecule is C[C@H]1CNCC[C@@H]1NC(=O)C1(Oc2cccc(Cl)c2)CC1. The Morgan fingerprint density at radius 1 is 1.48 bits per heavy atom. The molecule has 1 saturated heterocycles. The van der Waals surface area contributed by atoms with Crippen LogP contribution in [-0.2, 0) is 4.79 Å². The molecule has 4 nitrogen and oxygen atoms in total. The summed E-state index contributed by atoms with van der Waals surface area (Å²) >= 11 is 5.96. The smallest absolute Gasteiger partial charge is 0.264 e. The van der Waals surface area contributed by atoms with Gasteiger partial charge >= 0.3 is 0 Å². The third kappa shape index (κ3) is 3.33. The lowest BCUT2D eigenvalue weighted by Gasteiger charge is -2.31. The number of hydrogen-bond donors (Lipinski definition) is 2. The molecule has 2 aliphatic rings. The van der Waals surface area contributed by atoms with E-state index in [0.717, 1.165) is 32.4 Å². The van der Waals surface area contributed by atoms with Crippen LogP contribution in [0.15, 0.2) is 24.3 Å². The van der Waals surface area contributed by atoms with Crippen molar-refractivity contribution < 1.29 is 9.53 Å². The third-order valence-electron chi connectivity index (χ3n) is 4.33. The quantitative estimate of drug-likeness (QED) is 0.898. The van der Waals surface area contributed by atoms with Crippen LogP contribution in [0.3, 0.4) is 0 Å². The maximum absolute atomic E-state index is 12.5. The fourth-order valence-electron chi connectivity index (χ4n) is 2.77. The molecule has 21 heavy (non-hydrogen) atoms. The highest BCUT2D eigenvalue weighted by atomic mass is 35.5. The second-order valence-electron chi connectivity index (χ2n) is 6.10. The molecule has 1 aliphatic heterocycles. The van der Waals surface area contributed by atoms with Gasteiger partial charge in [0.2, 0.25) is 0 Å². The van der Waals surface area contributed by atoms with Gasteiger partial charge in [-0.15, -0.1) is 0 Å². The maximum atomic E-state index is 12.5. The molecule has 0 spiro atoms. The summed E-state index contributed by atoms with van der Waals surface area (Å²) in [6.07, 6.45) is 2.51. The zero-order chi connectivity index (χ0) is 14.9. The van der Waals surface area contributed by atoms with Gasteiger partial charge in [0.25, 0.3) is 5.91 Å². The fourth-order valence-corrected chi connectivity index (χ4v) is 2.95. The number of nitrogens with one attached hydrogen (secondary N) is 2. The Labute approximate surface area is 130 Å². The lowest BCUT2D eigenvalue weighted by atomic mass is 9.95. The van der Waals surface area contributed by atoms with Crippen LogP contribution in [0.5, 0.6) is 5.75 Å². The highest BCUT2D eigenvalue weighted by Gasteiger charge is 2.53. The minimum atomic E-state index is -0.685. The van der Waals surface area contributed by atoms with Crippen molar-refractivity contribution >= 4 is 17.5 Å². The normalized spacial score (nSPS) is 27.0. The molecule has 5 heteroatoms. The lowest BCUT2D eigenvalue weighted by molar-refractivity contribution is -0.131. The van der Waals surface area contributed by atoms with Gasteiger partial charge in [-0.05, 0) is 43.6 Å². The molecule has 1 aromatic rings. The Kier molecular flexibility index (Phi) is 4.09. The summed E-state index contributed by atoms with van der Waals surface area (Å²) in [5, 5.41) is 7.13. The number of piperidine rings is 1. The summed E-state index contributed by atoms with van der Waals surface area (Å²) in [6.45, 7) is 4.07. The highest BCUT2D eigenvalue weighted by Crippen LogP contribution is 2.41. The largest absolute Gasteiger partial charge is 0.477 e. The minimum absolute atomic E-state index is 0.0150. The predicted molar refractivity (Wildman–Crippen MR) is 82.6 cm³/mol. The number of carbonyl (C=O) groups is 1. The van der Waals surface area contributed by atoms with Gasteiger partial charge in [-0.2, -0.15) is 0 Å². The second kappa shape index (κ2) is 5.85. The minimum Gasteiger partial charge on any atom is -0.477 e. The van der Waals surface area contributed by atoms with Gasteiger partial charge in [0, 0.05) is 23.9 Å². The molecule has 1 saturated carbocycles. The van der Waals surface area contributed by atoms with Gasteiger partial charge < -0.3 is 15.4 Å². The summed E-state index contributed by atoms with van der Waals surface area (Å²) in [6, 6.07) is 7.46. The number of benzene rings is 1. The van der Waals surface area contributed by atoms with Crippen LogP contribution in [0.1, 0.15) is 26.2 Å². The number of amides is 1. The molecule has 0 unspecified atom stereocenters. The number of halogens is 1. The molecule has 1 amide bonds. The molecule has 2 fully saturated rings. The van der Waals surface area contributed by atoms with Crippen LogP contribution in [0.2, 0.25) is 5.02 Å². The molecular formula is C16H21ClN2O2. The first kappa shape index (κ1) is 14.7. The van der Waals surface area contributed by atoms with Crippen molar-refractivity contribution in [3.63, 3.8) is 0 Å². The van der Waals surface area contributed by atoms with E-state index in [1.165, 1.54) is 0 Å². The van der Waals surface area contributed by atoms with Crippen molar-refractivity contribution in [3.05, 3.63) is 29.3 Å². The van der Waals surface area contributed by atoms with Crippen molar-refractivity contribution in [1.29, 1.82) is 0 Å². The Hall–Kier alpha value is -1.26. The van der Waals surface area contributed by atoms with E-state index in [2.05, 4.69) is 17.6 Å². The van der Waals surface area contributed by atoms with Crippen molar-refractivity contribution in [1.82, 2.24) is 10.6 Å². The number of ether oxygens (including phenoxy) is 1. The van der Waals surface area contributed by atoms with Crippen LogP contribution in [0.25, 0.3) is 0 Å². The summed E-state index contributed by atoms with van der Waals surface area (Å²) < 4.78 is 5.92. The van der Waals surface area contributed by atoms with Gasteiger partial charge in [-0.3, -0.25) is 4.79 Å². The summed E-state index contributed by atoms with van der Waals surface area (Å²) in [4.78, 5) is 12.5. The molecule has 0 aromatic heterocycles. The molecule has 1 aromatic carbocycles. The first-order chi connectivity index (χ1) is 10.1. The van der Waals surface area contributed by atoms with Crippen molar-refractivity contribution in [2.75, 3.05) is 13.1 Å². The summed E-state index contributed by atoms with van der Waals surface area (Å²) in [5.41, 5.74) is -0.685. The first-order valence-corrected chi connectivity index (χ1v) is 7.93. The molecule has 3 rings (SSSR count). The number of carbonyl (C=O) groups excluding carboxylic acids is 1. The van der Waals surface area contributed by atoms with Crippen LogP contribution >= 0.6 is 11.6 Å². The van der Waals surface area contributed by atoms with E-state index >= 15 is 0 Å². The lowest BCUT2D eigenvalue weighted by Crippen LogP contribution is -2.52. The van der Waals surface area contributed by atoms with Crippen molar-refractivity contribution in [2.24, 2.45) is 5.92 Å². The van der Waals surface area contributed by atoms with Gasteiger partial charge in [-0.1, -0.05) is 24.6 Å². The Bertz CT molecular complexity index is 531. The van der Waals surface area contributed by atoms with Gasteiger partial charge in [0.1, 0.15) is 5.75 Å². The summed E-state index contributed by atoms with van der Waals surface area (Å²) in [7, 11) is 0. The van der Waals surface area contributed by atoms with Crippen LogP contribution in [0, 0.1) is 5.92 Å². The Morgan fingerprint density at radius 3 is 2.95 bits per heavy atom. The molecular weight excluding hydrogens is 288 g/mol. The van der Waals surface area contributed by atoms with Gasteiger partial charge in [0.15, 0.2) is 5.60 Å². The Balaban J connectivity index is 1.63. The maximum Gasteiger partial charge on any atom is 0.264 e.